The Morgan fingerprint density at radius 2 is 1.74 bits per heavy atom. The summed E-state index contributed by atoms with van der Waals surface area (Å²) in [7, 11) is 0. The first kappa shape index (κ1) is 17.9. The fourth-order valence-electron chi connectivity index (χ4n) is 2.78. The second kappa shape index (κ2) is 7.42. The fraction of sp³-hybridized carbons (Fsp3) is 0.750. The van der Waals surface area contributed by atoms with Gasteiger partial charge in [-0.15, -0.1) is 0 Å². The van der Waals surface area contributed by atoms with Crippen molar-refractivity contribution in [1.82, 2.24) is 0 Å². The number of fused-ring (bicyclic) bond motifs is 1. The summed E-state index contributed by atoms with van der Waals surface area (Å²) in [6.07, 6.45) is 1.26. The van der Waals surface area contributed by atoms with Crippen LogP contribution in [0.3, 0.4) is 0 Å². The van der Waals surface area contributed by atoms with Crippen LogP contribution in [0.2, 0.25) is 0 Å². The van der Waals surface area contributed by atoms with E-state index >= 15 is 0 Å². The lowest BCUT2D eigenvalue weighted by Crippen LogP contribution is -2.31. The molecule has 0 aromatic carbocycles. The lowest BCUT2D eigenvalue weighted by molar-refractivity contribution is -0.185. The maximum atomic E-state index is 11.7. The van der Waals surface area contributed by atoms with Gasteiger partial charge in [-0.25, -0.2) is 4.79 Å². The van der Waals surface area contributed by atoms with Crippen LogP contribution in [-0.2, 0) is 33.3 Å². The predicted octanol–water partition coefficient (Wildman–Crippen LogP) is 1.35. The molecule has 2 saturated heterocycles. The summed E-state index contributed by atoms with van der Waals surface area (Å²) in [4.78, 5) is 23.2. The van der Waals surface area contributed by atoms with Crippen LogP contribution >= 0.6 is 0 Å². The van der Waals surface area contributed by atoms with Gasteiger partial charge in [0.25, 0.3) is 0 Å². The van der Waals surface area contributed by atoms with E-state index in [0.29, 0.717) is 13.2 Å². The smallest absolute Gasteiger partial charge is 0.330 e. The number of carbonyl (C=O) groups is 2. The third-order valence-corrected chi connectivity index (χ3v) is 3.57. The van der Waals surface area contributed by atoms with Gasteiger partial charge in [-0.05, 0) is 33.8 Å². The molecule has 130 valence electrons. The van der Waals surface area contributed by atoms with Crippen molar-refractivity contribution < 1.29 is 33.3 Å². The Morgan fingerprint density at radius 3 is 2.39 bits per heavy atom. The average molecular weight is 328 g/mol. The summed E-state index contributed by atoms with van der Waals surface area (Å²) in [6.45, 7) is 7.71. The Kier molecular flexibility index (Phi) is 5.78. The van der Waals surface area contributed by atoms with Crippen LogP contribution in [-0.4, -0.2) is 55.4 Å². The predicted molar refractivity (Wildman–Crippen MR) is 79.5 cm³/mol. The molecule has 2 rings (SSSR count). The third-order valence-electron chi connectivity index (χ3n) is 3.57. The summed E-state index contributed by atoms with van der Waals surface area (Å²) in [5.74, 6) is -1.55. The molecule has 2 aliphatic rings. The molecular formula is C16H24O7. The second-order valence-corrected chi connectivity index (χ2v) is 5.82. The molecule has 0 aromatic rings. The van der Waals surface area contributed by atoms with E-state index in [1.54, 1.807) is 33.8 Å². The zero-order chi connectivity index (χ0) is 17.0. The van der Waals surface area contributed by atoms with E-state index in [1.165, 1.54) is 6.08 Å². The highest BCUT2D eigenvalue weighted by Crippen LogP contribution is 2.40. The van der Waals surface area contributed by atoms with Crippen LogP contribution in [0.25, 0.3) is 0 Å². The van der Waals surface area contributed by atoms with Gasteiger partial charge in [0.05, 0.1) is 25.7 Å². The molecule has 0 aromatic heterocycles. The van der Waals surface area contributed by atoms with Crippen molar-refractivity contribution in [2.75, 3.05) is 13.2 Å². The van der Waals surface area contributed by atoms with E-state index < -0.39 is 24.0 Å². The van der Waals surface area contributed by atoms with Crippen molar-refractivity contribution in [3.63, 3.8) is 0 Å². The van der Waals surface area contributed by atoms with Crippen LogP contribution in [0, 0.1) is 0 Å². The van der Waals surface area contributed by atoms with Gasteiger partial charge in [-0.1, -0.05) is 0 Å². The first-order valence-electron chi connectivity index (χ1n) is 7.88. The third kappa shape index (κ3) is 4.53. The molecule has 4 atom stereocenters. The molecule has 0 amide bonds. The van der Waals surface area contributed by atoms with Gasteiger partial charge in [0.15, 0.2) is 5.79 Å². The number of hydrogen-bond acceptors (Lipinski definition) is 7. The molecular weight excluding hydrogens is 304 g/mol. The first-order chi connectivity index (χ1) is 10.9. The Hall–Kier alpha value is -1.44. The van der Waals surface area contributed by atoms with Gasteiger partial charge in [0, 0.05) is 6.08 Å². The molecule has 2 aliphatic heterocycles. The minimum Gasteiger partial charge on any atom is -0.466 e. The molecule has 0 unspecified atom stereocenters. The quantitative estimate of drug-likeness (QED) is 0.538. The Labute approximate surface area is 135 Å². The zero-order valence-electron chi connectivity index (χ0n) is 13.9. The maximum Gasteiger partial charge on any atom is 0.330 e. The first-order valence-corrected chi connectivity index (χ1v) is 7.88. The summed E-state index contributed by atoms with van der Waals surface area (Å²) >= 11 is 0. The number of carbonyl (C=O) groups excluding carboxylic acids is 2. The SMILES string of the molecule is CCOC(=O)/C=C/[C@H]1O[C@@H](CC(=O)OCC)[C@@H]2OC(C)(C)O[C@@H]21. The summed E-state index contributed by atoms with van der Waals surface area (Å²) in [5, 5.41) is 0. The molecule has 0 radical (unpaired) electrons. The van der Waals surface area contributed by atoms with E-state index in [4.69, 9.17) is 23.7 Å². The van der Waals surface area contributed by atoms with Crippen molar-refractivity contribution in [2.24, 2.45) is 0 Å². The molecule has 7 nitrogen and oxygen atoms in total. The van der Waals surface area contributed by atoms with Gasteiger partial charge in [-0.3, -0.25) is 4.79 Å². The number of esters is 2. The zero-order valence-corrected chi connectivity index (χ0v) is 13.9. The van der Waals surface area contributed by atoms with Crippen LogP contribution in [0.4, 0.5) is 0 Å². The Balaban J connectivity index is 2.06. The van der Waals surface area contributed by atoms with E-state index in [1.807, 2.05) is 0 Å². The van der Waals surface area contributed by atoms with Gasteiger partial charge in [-0.2, -0.15) is 0 Å². The van der Waals surface area contributed by atoms with Gasteiger partial charge < -0.3 is 23.7 Å². The van der Waals surface area contributed by atoms with Crippen molar-refractivity contribution >= 4 is 11.9 Å². The monoisotopic (exact) mass is 328 g/mol. The van der Waals surface area contributed by atoms with Crippen LogP contribution < -0.4 is 0 Å². The number of rotatable bonds is 6. The van der Waals surface area contributed by atoms with E-state index in [9.17, 15) is 9.59 Å². The summed E-state index contributed by atoms with van der Waals surface area (Å²) in [5.41, 5.74) is 0. The molecule has 0 N–H and O–H groups in total. The van der Waals surface area contributed by atoms with Crippen LogP contribution in [0.5, 0.6) is 0 Å². The second-order valence-electron chi connectivity index (χ2n) is 5.82. The normalized spacial score (nSPS) is 32.0. The van der Waals surface area contributed by atoms with Crippen molar-refractivity contribution in [3.05, 3.63) is 12.2 Å². The van der Waals surface area contributed by atoms with Gasteiger partial charge in [0.1, 0.15) is 18.3 Å². The Morgan fingerprint density at radius 1 is 1.09 bits per heavy atom. The topological polar surface area (TPSA) is 80.3 Å². The van der Waals surface area contributed by atoms with Crippen molar-refractivity contribution in [1.29, 1.82) is 0 Å². The van der Waals surface area contributed by atoms with Crippen LogP contribution in [0.15, 0.2) is 12.2 Å². The van der Waals surface area contributed by atoms with E-state index in [0.717, 1.165) is 0 Å². The lowest BCUT2D eigenvalue weighted by Gasteiger charge is -2.22. The largest absolute Gasteiger partial charge is 0.466 e. The Bertz CT molecular complexity index is 471. The lowest BCUT2D eigenvalue weighted by atomic mass is 10.1. The molecule has 7 heteroatoms. The molecule has 2 heterocycles. The fourth-order valence-corrected chi connectivity index (χ4v) is 2.78. The minimum atomic E-state index is -0.762. The molecule has 0 bridgehead atoms. The van der Waals surface area contributed by atoms with Gasteiger partial charge >= 0.3 is 11.9 Å². The minimum absolute atomic E-state index is 0.0815. The molecule has 2 fully saturated rings. The highest BCUT2D eigenvalue weighted by molar-refractivity contribution is 5.82. The number of ether oxygens (including phenoxy) is 5. The maximum absolute atomic E-state index is 11.7. The van der Waals surface area contributed by atoms with Crippen molar-refractivity contribution in [3.8, 4) is 0 Å². The number of hydrogen-bond donors (Lipinski definition) is 0. The van der Waals surface area contributed by atoms with Gasteiger partial charge in [0.2, 0.25) is 0 Å². The molecule has 0 aliphatic carbocycles. The molecule has 23 heavy (non-hydrogen) atoms. The summed E-state index contributed by atoms with van der Waals surface area (Å²) in [6, 6.07) is 0. The highest BCUT2D eigenvalue weighted by Gasteiger charge is 2.54. The van der Waals surface area contributed by atoms with Crippen LogP contribution in [0.1, 0.15) is 34.1 Å². The van der Waals surface area contributed by atoms with Crippen molar-refractivity contribution in [2.45, 2.75) is 64.3 Å². The molecule has 0 saturated carbocycles. The standard InChI is InChI=1S/C16H24O7/c1-5-19-12(17)8-7-10-14-15(23-16(3,4)22-14)11(21-10)9-13(18)20-6-2/h7-8,10-11,14-15H,5-6,9H2,1-4H3/b8-7+/t10-,11+,14-,15+/m1/s1. The summed E-state index contributed by atoms with van der Waals surface area (Å²) < 4.78 is 27.3. The van der Waals surface area contributed by atoms with E-state index in [-0.39, 0.29) is 24.6 Å². The van der Waals surface area contributed by atoms with E-state index in [2.05, 4.69) is 0 Å². The highest BCUT2D eigenvalue weighted by atomic mass is 16.8. The molecule has 0 spiro atoms. The average Bonchev–Trinajstić information content (AvgIpc) is 2.92.